The number of aliphatic carboxylic acids is 1. The van der Waals surface area contributed by atoms with Crippen LogP contribution in [0, 0.1) is 0 Å². The zero-order valence-corrected chi connectivity index (χ0v) is 30.8. The zero-order chi connectivity index (χ0) is 38.2. The molecule has 0 aliphatic carbocycles. The van der Waals surface area contributed by atoms with Crippen LogP contribution in [-0.4, -0.2) is 147 Å². The van der Waals surface area contributed by atoms with Crippen molar-refractivity contribution in [2.24, 2.45) is 0 Å². The molecule has 0 amide bonds. The molecule has 0 saturated carbocycles. The van der Waals surface area contributed by atoms with E-state index in [1.807, 2.05) is 6.07 Å². The van der Waals surface area contributed by atoms with Crippen molar-refractivity contribution in [1.29, 1.82) is 0 Å². The van der Waals surface area contributed by atoms with Gasteiger partial charge in [0, 0.05) is 26.2 Å². The summed E-state index contributed by atoms with van der Waals surface area (Å²) in [5.41, 5.74) is 1.36. The number of ether oxygens (including phenoxy) is 5. The van der Waals surface area contributed by atoms with Crippen LogP contribution in [0.2, 0.25) is 0 Å². The largest absolute Gasteiger partial charge is 0.481 e. The van der Waals surface area contributed by atoms with Crippen LogP contribution in [0.1, 0.15) is 65.0 Å². The topological polar surface area (TPSA) is 179 Å². The van der Waals surface area contributed by atoms with Gasteiger partial charge in [-0.2, -0.15) is 0 Å². The highest BCUT2D eigenvalue weighted by molar-refractivity contribution is 5.77. The highest BCUT2D eigenvalue weighted by Gasteiger charge is 2.29. The molecule has 0 aliphatic heterocycles. The second-order valence-electron chi connectivity index (χ2n) is 11.3. The summed E-state index contributed by atoms with van der Waals surface area (Å²) in [6.07, 6.45) is 3.73. The molecule has 0 spiro atoms. The van der Waals surface area contributed by atoms with E-state index in [9.17, 15) is 33.9 Å². The van der Waals surface area contributed by atoms with Gasteiger partial charge in [-0.1, -0.05) is 36.4 Å². The molecule has 1 N–H and O–H groups in total. The van der Waals surface area contributed by atoms with E-state index in [1.54, 1.807) is 86.6 Å². The van der Waals surface area contributed by atoms with Gasteiger partial charge in [0.25, 0.3) is 0 Å². The molecule has 1 aromatic carbocycles. The molecule has 15 nitrogen and oxygen atoms in total. The summed E-state index contributed by atoms with van der Waals surface area (Å²) >= 11 is 0. The van der Waals surface area contributed by atoms with Crippen molar-refractivity contribution < 1.29 is 57.6 Å². The first-order valence-electron chi connectivity index (χ1n) is 17.4. The molecule has 0 fully saturated rings. The van der Waals surface area contributed by atoms with E-state index in [0.29, 0.717) is 5.56 Å². The maximum atomic E-state index is 13.5. The monoisotopic (exact) mass is 721 g/mol. The molecule has 51 heavy (non-hydrogen) atoms. The molecule has 15 heteroatoms. The van der Waals surface area contributed by atoms with Gasteiger partial charge in [-0.25, -0.2) is 0 Å². The van der Waals surface area contributed by atoms with Gasteiger partial charge in [0.1, 0.15) is 6.04 Å². The molecule has 0 radical (unpaired) electrons. The molecule has 0 bridgehead atoms. The zero-order valence-electron chi connectivity index (χ0n) is 30.8. The number of hydrogen-bond acceptors (Lipinski definition) is 14. The highest BCUT2D eigenvalue weighted by Crippen LogP contribution is 2.18. The van der Waals surface area contributed by atoms with E-state index in [4.69, 9.17) is 23.7 Å². The Morgan fingerprint density at radius 2 is 1.10 bits per heavy atom. The van der Waals surface area contributed by atoms with Crippen LogP contribution in [0.15, 0.2) is 30.3 Å². The molecule has 0 aliphatic rings. The molecule has 2 atom stereocenters. The third kappa shape index (κ3) is 18.5. The first-order valence-corrected chi connectivity index (χ1v) is 17.4. The number of rotatable bonds is 26. The summed E-state index contributed by atoms with van der Waals surface area (Å²) in [6.45, 7) is 10.5. The summed E-state index contributed by atoms with van der Waals surface area (Å²) in [4.78, 5) is 79.7. The maximum Gasteiger partial charge on any atom is 0.323 e. The number of benzene rings is 1. The lowest BCUT2D eigenvalue weighted by Crippen LogP contribution is -2.50. The second-order valence-corrected chi connectivity index (χ2v) is 11.3. The van der Waals surface area contributed by atoms with Gasteiger partial charge in [0.2, 0.25) is 0 Å². The minimum Gasteiger partial charge on any atom is -0.481 e. The normalized spacial score (nSPS) is 12.5. The molecular weight excluding hydrogens is 666 g/mol. The Balaban J connectivity index is 3.48. The van der Waals surface area contributed by atoms with E-state index in [-0.39, 0.29) is 91.8 Å². The van der Waals surface area contributed by atoms with E-state index < -0.39 is 47.8 Å². The number of nitrogens with zero attached hydrogens (tertiary/aromatic N) is 3. The number of carbonyl (C=O) groups excluding carboxylic acids is 5. The minimum atomic E-state index is -0.950. The van der Waals surface area contributed by atoms with E-state index in [0.717, 1.165) is 5.56 Å². The van der Waals surface area contributed by atoms with Gasteiger partial charge in [0.05, 0.1) is 65.1 Å². The summed E-state index contributed by atoms with van der Waals surface area (Å²) < 4.78 is 25.9. The third-order valence-corrected chi connectivity index (χ3v) is 7.49. The fourth-order valence-corrected chi connectivity index (χ4v) is 4.99. The number of carbonyl (C=O) groups is 6. The Hall–Kier alpha value is -4.34. The van der Waals surface area contributed by atoms with Crippen LogP contribution >= 0.6 is 0 Å². The summed E-state index contributed by atoms with van der Waals surface area (Å²) in [5.74, 6) is -4.32. The van der Waals surface area contributed by atoms with Crippen molar-refractivity contribution in [3.8, 4) is 0 Å². The first-order chi connectivity index (χ1) is 24.4. The fraction of sp³-hybridized carbons (Fsp3) is 0.611. The summed E-state index contributed by atoms with van der Waals surface area (Å²) in [7, 11) is 0. The van der Waals surface area contributed by atoms with Crippen LogP contribution in [-0.2, 0) is 52.5 Å². The van der Waals surface area contributed by atoms with Crippen molar-refractivity contribution in [2.45, 2.75) is 59.9 Å². The van der Waals surface area contributed by atoms with Crippen LogP contribution in [0.3, 0.4) is 0 Å². The highest BCUT2D eigenvalue weighted by atomic mass is 16.5. The number of carboxylic acid groups (broad SMARTS) is 1. The van der Waals surface area contributed by atoms with E-state index >= 15 is 0 Å². The number of hydrogen-bond donors (Lipinski definition) is 1. The molecule has 286 valence electrons. The van der Waals surface area contributed by atoms with Gasteiger partial charge in [-0.3, -0.25) is 43.5 Å². The second kappa shape index (κ2) is 25.6. The lowest BCUT2D eigenvalue weighted by Gasteiger charge is -2.33. The Morgan fingerprint density at radius 3 is 1.49 bits per heavy atom. The number of carboxylic acids is 1. The van der Waals surface area contributed by atoms with Gasteiger partial charge < -0.3 is 28.8 Å². The molecule has 0 heterocycles. The van der Waals surface area contributed by atoms with Crippen LogP contribution < -0.4 is 0 Å². The Morgan fingerprint density at radius 1 is 0.667 bits per heavy atom. The third-order valence-electron chi connectivity index (χ3n) is 7.49. The average Bonchev–Trinajstić information content (AvgIpc) is 3.07. The van der Waals surface area contributed by atoms with Crippen molar-refractivity contribution >= 4 is 41.9 Å². The van der Waals surface area contributed by atoms with E-state index in [2.05, 4.69) is 0 Å². The molecule has 0 aromatic heterocycles. The molecule has 2 unspecified atom stereocenters. The predicted molar refractivity (Wildman–Crippen MR) is 188 cm³/mol. The van der Waals surface area contributed by atoms with Crippen LogP contribution in [0.5, 0.6) is 0 Å². The average molecular weight is 722 g/mol. The SMILES string of the molecule is CCOC(=O)CN(CCN(CCN(CC(=O)OCC)CC(=O)OCC)C(CC=Cc1cccc(C(C)C(=O)O)c1)C(=O)OCC)CC(=O)OCC. The lowest BCUT2D eigenvalue weighted by atomic mass is 9.99. The van der Waals surface area contributed by atoms with E-state index in [1.165, 1.54) is 0 Å². The molecule has 1 aromatic rings. The van der Waals surface area contributed by atoms with Gasteiger partial charge in [-0.05, 0) is 59.1 Å². The van der Waals surface area contributed by atoms with Crippen molar-refractivity contribution in [3.05, 3.63) is 41.5 Å². The minimum absolute atomic E-state index is 0.109. The predicted octanol–water partition coefficient (Wildman–Crippen LogP) is 2.37. The molecule has 1 rings (SSSR count). The standard InChI is InChI=1S/C36H55N3O12/c1-7-47-31(40)23-37(24-32(41)48-8-2)18-20-39(21-19-38(25-33(42)49-9-3)26-34(43)50-10-4)30(36(46)51-11-5)17-13-15-28-14-12-16-29(22-28)27(6)35(44)45/h12-16,22,27,30H,7-11,17-21,23-26H2,1-6H3,(H,44,45). The van der Waals surface area contributed by atoms with Gasteiger partial charge >= 0.3 is 35.8 Å². The smallest absolute Gasteiger partial charge is 0.323 e. The summed E-state index contributed by atoms with van der Waals surface area (Å²) in [6, 6.07) is 6.21. The van der Waals surface area contributed by atoms with Crippen LogP contribution in [0.4, 0.5) is 0 Å². The van der Waals surface area contributed by atoms with Crippen molar-refractivity contribution in [1.82, 2.24) is 14.7 Å². The quantitative estimate of drug-likeness (QED) is 0.109. The maximum absolute atomic E-state index is 13.5. The van der Waals surface area contributed by atoms with Crippen molar-refractivity contribution in [2.75, 3.05) is 85.4 Å². The van der Waals surface area contributed by atoms with Gasteiger partial charge in [0.15, 0.2) is 0 Å². The van der Waals surface area contributed by atoms with Crippen LogP contribution in [0.25, 0.3) is 6.08 Å². The Bertz CT molecular complexity index is 1200. The van der Waals surface area contributed by atoms with Crippen molar-refractivity contribution in [3.63, 3.8) is 0 Å². The molecule has 0 saturated heterocycles. The van der Waals surface area contributed by atoms with Gasteiger partial charge in [-0.15, -0.1) is 0 Å². The lowest BCUT2D eigenvalue weighted by molar-refractivity contribution is -0.152. The first kappa shape index (κ1) is 44.7. The fourth-order valence-electron chi connectivity index (χ4n) is 4.99. The molecular formula is C36H55N3O12. The Labute approximate surface area is 300 Å². The summed E-state index contributed by atoms with van der Waals surface area (Å²) in [5, 5.41) is 9.44. The number of esters is 5. The Kier molecular flexibility index (Phi) is 22.4.